The molecule has 0 aromatic carbocycles. The molecule has 3 rings (SSSR count). The van der Waals surface area contributed by atoms with Gasteiger partial charge in [-0.2, -0.15) is 0 Å². The fraction of sp³-hybridized carbons (Fsp3) is 0.556. The van der Waals surface area contributed by atoms with Crippen molar-refractivity contribution in [2.45, 2.75) is 11.7 Å². The number of rotatable bonds is 0. The third-order valence-electron chi connectivity index (χ3n) is 2.98. The summed E-state index contributed by atoms with van der Waals surface area (Å²) in [5.74, 6) is 2.72. The lowest BCUT2D eigenvalue weighted by atomic mass is 9.94. The number of hydrogen-bond acceptors (Lipinski definition) is 1. The van der Waals surface area contributed by atoms with Crippen LogP contribution in [-0.4, -0.2) is 5.25 Å². The molecule has 0 nitrogen and oxygen atoms in total. The number of hydrogen-bond donors (Lipinski definition) is 0. The van der Waals surface area contributed by atoms with Crippen molar-refractivity contribution in [3.05, 3.63) is 23.6 Å². The van der Waals surface area contributed by atoms with Crippen LogP contribution in [0.2, 0.25) is 0 Å². The summed E-state index contributed by atoms with van der Waals surface area (Å²) in [5.41, 5.74) is 0. The maximum atomic E-state index is 2.42. The third kappa shape index (κ3) is 0.507. The van der Waals surface area contributed by atoms with E-state index in [1.54, 1.807) is 0 Å². The minimum absolute atomic E-state index is 0.903. The molecule has 2 bridgehead atoms. The Labute approximate surface area is 65.4 Å². The molecule has 1 fully saturated rings. The summed E-state index contributed by atoms with van der Waals surface area (Å²) in [5, 5.41) is 3.22. The number of fused-ring (bicyclic) bond motifs is 5. The molecule has 0 radical (unpaired) electrons. The van der Waals surface area contributed by atoms with E-state index in [1.165, 1.54) is 6.42 Å². The molecule has 1 heteroatoms. The minimum atomic E-state index is 0.903. The molecular weight excluding hydrogens is 140 g/mol. The van der Waals surface area contributed by atoms with Gasteiger partial charge in [-0.3, -0.25) is 0 Å². The Morgan fingerprint density at radius 3 is 2.90 bits per heavy atom. The largest absolute Gasteiger partial charge is 0.130 e. The van der Waals surface area contributed by atoms with Crippen molar-refractivity contribution in [1.29, 1.82) is 0 Å². The highest BCUT2D eigenvalue weighted by atomic mass is 32.2. The van der Waals surface area contributed by atoms with Crippen LogP contribution >= 0.6 is 11.8 Å². The molecule has 4 unspecified atom stereocenters. The lowest BCUT2D eigenvalue weighted by Crippen LogP contribution is -2.15. The quantitative estimate of drug-likeness (QED) is 0.478. The predicted molar refractivity (Wildman–Crippen MR) is 44.7 cm³/mol. The molecule has 0 aromatic heterocycles. The lowest BCUT2D eigenvalue weighted by Gasteiger charge is -2.17. The summed E-state index contributed by atoms with van der Waals surface area (Å²) in [6, 6.07) is 0. The Kier molecular flexibility index (Phi) is 0.933. The molecule has 1 heterocycles. The Morgan fingerprint density at radius 1 is 1.10 bits per heavy atom. The lowest BCUT2D eigenvalue weighted by molar-refractivity contribution is 0.568. The first-order chi connectivity index (χ1) is 4.95. The first-order valence-corrected chi connectivity index (χ1v) is 4.90. The second kappa shape index (κ2) is 1.70. The Morgan fingerprint density at radius 2 is 2.00 bits per heavy atom. The first kappa shape index (κ1) is 5.48. The fourth-order valence-corrected chi connectivity index (χ4v) is 3.82. The van der Waals surface area contributed by atoms with E-state index in [9.17, 15) is 0 Å². The van der Waals surface area contributed by atoms with E-state index in [0.29, 0.717) is 0 Å². The molecule has 2 aliphatic carbocycles. The van der Waals surface area contributed by atoms with Crippen molar-refractivity contribution >= 4 is 11.8 Å². The van der Waals surface area contributed by atoms with Gasteiger partial charge in [0.1, 0.15) is 0 Å². The molecule has 4 atom stereocenters. The Hall–Kier alpha value is -0.170. The summed E-state index contributed by atoms with van der Waals surface area (Å²) in [4.78, 5) is 0. The number of allylic oxidation sites excluding steroid dienone is 3. The van der Waals surface area contributed by atoms with Crippen LogP contribution in [0.25, 0.3) is 0 Å². The van der Waals surface area contributed by atoms with Crippen molar-refractivity contribution in [3.8, 4) is 0 Å². The highest BCUT2D eigenvalue weighted by Gasteiger charge is 2.44. The van der Waals surface area contributed by atoms with Crippen molar-refractivity contribution in [2.24, 2.45) is 17.8 Å². The van der Waals surface area contributed by atoms with Crippen molar-refractivity contribution < 1.29 is 0 Å². The van der Waals surface area contributed by atoms with Crippen LogP contribution < -0.4 is 0 Å². The first-order valence-electron chi connectivity index (χ1n) is 3.95. The summed E-state index contributed by atoms with van der Waals surface area (Å²) in [6.07, 6.45) is 8.68. The van der Waals surface area contributed by atoms with E-state index in [2.05, 4.69) is 23.6 Å². The standard InChI is InChI=1S/C9H10S/c1-2-7-5-6(1)8-3-4-10-9(7)8/h1-4,6-9H,5H2. The van der Waals surface area contributed by atoms with Gasteiger partial charge in [-0.05, 0) is 29.6 Å². The molecule has 0 aromatic rings. The minimum Gasteiger partial charge on any atom is -0.130 e. The zero-order chi connectivity index (χ0) is 6.55. The van der Waals surface area contributed by atoms with Gasteiger partial charge < -0.3 is 0 Å². The molecule has 1 aliphatic heterocycles. The average Bonchev–Trinajstić information content (AvgIpc) is 2.60. The molecule has 52 valence electrons. The molecule has 0 spiro atoms. The maximum Gasteiger partial charge on any atom is 0.0220 e. The third-order valence-corrected chi connectivity index (χ3v) is 4.27. The van der Waals surface area contributed by atoms with Gasteiger partial charge in [-0.15, -0.1) is 11.8 Å². The zero-order valence-electron chi connectivity index (χ0n) is 5.73. The van der Waals surface area contributed by atoms with Gasteiger partial charge >= 0.3 is 0 Å². The molecule has 1 saturated carbocycles. The van der Waals surface area contributed by atoms with E-state index in [0.717, 1.165) is 23.0 Å². The van der Waals surface area contributed by atoms with Gasteiger partial charge in [0.25, 0.3) is 0 Å². The van der Waals surface area contributed by atoms with Crippen LogP contribution in [0.4, 0.5) is 0 Å². The summed E-state index contributed by atoms with van der Waals surface area (Å²) < 4.78 is 0. The van der Waals surface area contributed by atoms with E-state index in [1.807, 2.05) is 11.8 Å². The van der Waals surface area contributed by atoms with Crippen molar-refractivity contribution in [2.75, 3.05) is 0 Å². The summed E-state index contributed by atoms with van der Waals surface area (Å²) in [7, 11) is 0. The van der Waals surface area contributed by atoms with E-state index < -0.39 is 0 Å². The van der Waals surface area contributed by atoms with E-state index in [4.69, 9.17) is 0 Å². The molecule has 0 N–H and O–H groups in total. The van der Waals surface area contributed by atoms with Crippen LogP contribution in [0.1, 0.15) is 6.42 Å². The number of thioether (sulfide) groups is 1. The van der Waals surface area contributed by atoms with Crippen molar-refractivity contribution in [1.82, 2.24) is 0 Å². The van der Waals surface area contributed by atoms with Gasteiger partial charge in [0.15, 0.2) is 0 Å². The van der Waals surface area contributed by atoms with Gasteiger partial charge in [0.05, 0.1) is 0 Å². The highest BCUT2D eigenvalue weighted by Crippen LogP contribution is 2.53. The van der Waals surface area contributed by atoms with Crippen molar-refractivity contribution in [3.63, 3.8) is 0 Å². The van der Waals surface area contributed by atoms with E-state index >= 15 is 0 Å². The van der Waals surface area contributed by atoms with Crippen LogP contribution in [0, 0.1) is 17.8 Å². The zero-order valence-corrected chi connectivity index (χ0v) is 6.55. The molecule has 3 aliphatic rings. The Balaban J connectivity index is 2.04. The Bertz CT molecular complexity index is 217. The SMILES string of the molecule is C1=CC2C3C=CC(C3)C2S1. The second-order valence-corrected chi connectivity index (χ2v) is 4.54. The normalized spacial score (nSPS) is 54.4. The van der Waals surface area contributed by atoms with Crippen LogP contribution in [0.3, 0.4) is 0 Å². The predicted octanol–water partition coefficient (Wildman–Crippen LogP) is 2.44. The topological polar surface area (TPSA) is 0 Å². The molecule has 0 saturated heterocycles. The smallest absolute Gasteiger partial charge is 0.0220 e. The van der Waals surface area contributed by atoms with E-state index in [-0.39, 0.29) is 0 Å². The molecule has 0 amide bonds. The molecule has 10 heavy (non-hydrogen) atoms. The van der Waals surface area contributed by atoms with Gasteiger partial charge in [-0.25, -0.2) is 0 Å². The van der Waals surface area contributed by atoms with Crippen LogP contribution in [0.15, 0.2) is 23.6 Å². The van der Waals surface area contributed by atoms with Gasteiger partial charge in [-0.1, -0.05) is 18.2 Å². The second-order valence-electron chi connectivity index (χ2n) is 3.45. The molecular formula is C9H10S. The van der Waals surface area contributed by atoms with Crippen LogP contribution in [0.5, 0.6) is 0 Å². The fourth-order valence-electron chi connectivity index (χ4n) is 2.49. The van der Waals surface area contributed by atoms with Crippen LogP contribution in [-0.2, 0) is 0 Å². The summed E-state index contributed by atoms with van der Waals surface area (Å²) in [6.45, 7) is 0. The average molecular weight is 150 g/mol. The highest BCUT2D eigenvalue weighted by molar-refractivity contribution is 8.03. The van der Waals surface area contributed by atoms with Gasteiger partial charge in [0, 0.05) is 5.25 Å². The monoisotopic (exact) mass is 150 g/mol. The summed E-state index contributed by atoms with van der Waals surface area (Å²) >= 11 is 2.04. The maximum absolute atomic E-state index is 2.42. The van der Waals surface area contributed by atoms with Gasteiger partial charge in [0.2, 0.25) is 0 Å².